The van der Waals surface area contributed by atoms with Gasteiger partial charge in [0.05, 0.1) is 16.1 Å². The van der Waals surface area contributed by atoms with Crippen LogP contribution in [0.1, 0.15) is 23.3 Å². The molecule has 0 aliphatic carbocycles. The highest BCUT2D eigenvalue weighted by Crippen LogP contribution is 2.44. The van der Waals surface area contributed by atoms with E-state index in [9.17, 15) is 4.79 Å². The van der Waals surface area contributed by atoms with Gasteiger partial charge in [-0.3, -0.25) is 4.90 Å². The molecule has 25 heavy (non-hydrogen) atoms. The van der Waals surface area contributed by atoms with Crippen molar-refractivity contribution >= 4 is 64.1 Å². The van der Waals surface area contributed by atoms with Crippen molar-refractivity contribution in [2.24, 2.45) is 0 Å². The Morgan fingerprint density at radius 1 is 1.08 bits per heavy atom. The van der Waals surface area contributed by atoms with Gasteiger partial charge in [0.2, 0.25) is 3.79 Å². The van der Waals surface area contributed by atoms with Crippen molar-refractivity contribution in [3.05, 3.63) is 69.7 Å². The average molecular weight is 440 g/mol. The molecule has 0 unspecified atom stereocenters. The highest BCUT2D eigenvalue weighted by atomic mass is 35.6. The monoisotopic (exact) mass is 437 g/mol. The molecule has 0 bridgehead atoms. The predicted octanol–water partition coefficient (Wildman–Crippen LogP) is 6.60. The first-order valence-electron chi connectivity index (χ1n) is 7.31. The number of hydrogen-bond acceptors (Lipinski definition) is 2. The smallest absolute Gasteiger partial charge is 0.411 e. The average Bonchev–Trinajstić information content (AvgIpc) is 3.35. The van der Waals surface area contributed by atoms with Crippen LogP contribution < -0.4 is 0 Å². The molecule has 1 heterocycles. The summed E-state index contributed by atoms with van der Waals surface area (Å²) in [6, 6.07) is 14.0. The minimum Gasteiger partial charge on any atom is -0.437 e. The van der Waals surface area contributed by atoms with Crippen LogP contribution in [-0.2, 0) is 4.74 Å². The molecule has 1 saturated heterocycles. The fourth-order valence-corrected chi connectivity index (χ4v) is 3.28. The van der Waals surface area contributed by atoms with Gasteiger partial charge in [-0.1, -0.05) is 94.4 Å². The lowest BCUT2D eigenvalue weighted by Crippen LogP contribution is -2.26. The van der Waals surface area contributed by atoms with Gasteiger partial charge in [-0.25, -0.2) is 4.79 Å². The van der Waals surface area contributed by atoms with Gasteiger partial charge in [-0.15, -0.1) is 0 Å². The van der Waals surface area contributed by atoms with Gasteiger partial charge in [0, 0.05) is 6.54 Å². The van der Waals surface area contributed by atoms with Crippen LogP contribution in [0.3, 0.4) is 0 Å². The second kappa shape index (κ2) is 7.42. The van der Waals surface area contributed by atoms with Gasteiger partial charge in [0.25, 0.3) is 0 Å². The molecule has 0 spiro atoms. The summed E-state index contributed by atoms with van der Waals surface area (Å²) in [5.74, 6) is 0. The van der Waals surface area contributed by atoms with E-state index in [0.717, 1.165) is 5.56 Å². The number of benzene rings is 2. The minimum atomic E-state index is -1.79. The number of ether oxygens (including phenoxy) is 1. The zero-order valence-corrected chi connectivity index (χ0v) is 16.4. The summed E-state index contributed by atoms with van der Waals surface area (Å²) in [6.07, 6.45) is -1.57. The van der Waals surface area contributed by atoms with Gasteiger partial charge in [-0.05, 0) is 23.3 Å². The van der Waals surface area contributed by atoms with Crippen LogP contribution in [-0.4, -0.2) is 21.3 Å². The van der Waals surface area contributed by atoms with Crippen molar-refractivity contribution in [1.29, 1.82) is 0 Å². The molecule has 0 saturated carbocycles. The molecule has 1 aliphatic rings. The van der Waals surface area contributed by atoms with Crippen molar-refractivity contribution in [3.8, 4) is 0 Å². The van der Waals surface area contributed by atoms with Gasteiger partial charge in [0.1, 0.15) is 0 Å². The van der Waals surface area contributed by atoms with E-state index in [1.807, 2.05) is 12.1 Å². The van der Waals surface area contributed by atoms with Crippen molar-refractivity contribution < 1.29 is 9.53 Å². The number of nitrogens with zero attached hydrogens (tertiary/aromatic N) is 1. The van der Waals surface area contributed by atoms with Gasteiger partial charge in [0.15, 0.2) is 6.10 Å². The van der Waals surface area contributed by atoms with Crippen LogP contribution in [0.15, 0.2) is 48.5 Å². The summed E-state index contributed by atoms with van der Waals surface area (Å²) in [7, 11) is 0. The fraction of sp³-hybridized carbons (Fsp3) is 0.235. The van der Waals surface area contributed by atoms with Crippen molar-refractivity contribution in [2.45, 2.75) is 15.9 Å². The summed E-state index contributed by atoms with van der Waals surface area (Å²) in [5.41, 5.74) is 1.47. The van der Waals surface area contributed by atoms with Crippen molar-refractivity contribution in [3.63, 3.8) is 0 Å². The SMILES string of the molecule is O=C(O[C@H](c1ccccc1)C(Cl)(Cl)Cl)N1C[C@H]1c1ccc(Cl)c(Cl)c1. The van der Waals surface area contributed by atoms with E-state index >= 15 is 0 Å². The molecule has 1 amide bonds. The number of amides is 1. The highest BCUT2D eigenvalue weighted by molar-refractivity contribution is 6.68. The molecule has 3 nitrogen and oxygen atoms in total. The quantitative estimate of drug-likeness (QED) is 0.398. The largest absolute Gasteiger partial charge is 0.437 e. The Bertz CT molecular complexity index is 778. The minimum absolute atomic E-state index is 0.130. The third-order valence-corrected chi connectivity index (χ3v) is 5.13. The van der Waals surface area contributed by atoms with Crippen molar-refractivity contribution in [2.75, 3.05) is 6.54 Å². The van der Waals surface area contributed by atoms with Gasteiger partial charge < -0.3 is 4.74 Å². The van der Waals surface area contributed by atoms with Crippen LogP contribution >= 0.6 is 58.0 Å². The Balaban J connectivity index is 1.72. The molecule has 2 atom stereocenters. The fourth-order valence-electron chi connectivity index (χ4n) is 2.47. The summed E-state index contributed by atoms with van der Waals surface area (Å²) in [4.78, 5) is 14.0. The molecule has 2 aromatic rings. The standard InChI is InChI=1S/C17H12Cl5NO2/c18-12-7-6-11(8-13(12)19)14-9-23(14)16(24)25-15(17(20,21)22)10-4-2-1-3-5-10/h1-8,14-15H,9H2/t14-,15+,23?/m0/s1. The maximum absolute atomic E-state index is 12.4. The molecule has 2 aromatic carbocycles. The summed E-state index contributed by atoms with van der Waals surface area (Å²) in [6.45, 7) is 0.498. The third-order valence-electron chi connectivity index (χ3n) is 3.79. The lowest BCUT2D eigenvalue weighted by atomic mass is 10.1. The first-order chi connectivity index (χ1) is 11.8. The molecule has 1 aliphatic heterocycles. The zero-order valence-electron chi connectivity index (χ0n) is 12.6. The van der Waals surface area contributed by atoms with Crippen LogP contribution in [0.4, 0.5) is 4.79 Å². The molecule has 132 valence electrons. The third kappa shape index (κ3) is 4.47. The second-order valence-electron chi connectivity index (χ2n) is 5.56. The Labute approximate surface area is 170 Å². The summed E-state index contributed by atoms with van der Waals surface area (Å²) in [5, 5.41) is 0.892. The molecule has 3 rings (SSSR count). The maximum Gasteiger partial charge on any atom is 0.411 e. The maximum atomic E-state index is 12.4. The van der Waals surface area contributed by atoms with E-state index in [1.165, 1.54) is 4.90 Å². The second-order valence-corrected chi connectivity index (χ2v) is 8.74. The Morgan fingerprint density at radius 3 is 2.36 bits per heavy atom. The topological polar surface area (TPSA) is 29.3 Å². The number of halogens is 5. The van der Waals surface area contributed by atoms with E-state index in [1.54, 1.807) is 36.4 Å². The predicted molar refractivity (Wildman–Crippen MR) is 102 cm³/mol. The van der Waals surface area contributed by atoms with Crippen LogP contribution in [0, 0.1) is 0 Å². The first kappa shape index (κ1) is 18.9. The molecule has 0 radical (unpaired) electrons. The lowest BCUT2D eigenvalue weighted by Gasteiger charge is -2.25. The molecule has 0 aromatic heterocycles. The number of alkyl halides is 3. The Kier molecular flexibility index (Phi) is 5.62. The molecule has 8 heteroatoms. The van der Waals surface area contributed by atoms with Gasteiger partial charge >= 0.3 is 6.09 Å². The Morgan fingerprint density at radius 2 is 1.76 bits per heavy atom. The van der Waals surface area contributed by atoms with Crippen LogP contribution in [0.5, 0.6) is 0 Å². The van der Waals surface area contributed by atoms with Crippen molar-refractivity contribution in [1.82, 2.24) is 4.90 Å². The molecule has 1 fully saturated rings. The van der Waals surface area contributed by atoms with Gasteiger partial charge in [-0.2, -0.15) is 0 Å². The van der Waals surface area contributed by atoms with E-state index in [4.69, 9.17) is 62.7 Å². The lowest BCUT2D eigenvalue weighted by molar-refractivity contribution is 0.0842. The Hall–Kier alpha value is -0.840. The normalized spacial score (nSPS) is 18.0. The number of hydrogen-bond donors (Lipinski definition) is 0. The van der Waals surface area contributed by atoms with E-state index in [-0.39, 0.29) is 6.04 Å². The number of rotatable bonds is 3. The highest BCUT2D eigenvalue weighted by Gasteiger charge is 2.45. The number of carbonyl (C=O) groups excluding carboxylic acids is 1. The van der Waals surface area contributed by atoms with E-state index in [2.05, 4.69) is 0 Å². The summed E-state index contributed by atoms with van der Waals surface area (Å²) < 4.78 is 3.68. The van der Waals surface area contributed by atoms with E-state index in [0.29, 0.717) is 22.2 Å². The zero-order chi connectivity index (χ0) is 18.2. The number of carbonyl (C=O) groups is 1. The molecule has 0 N–H and O–H groups in total. The summed E-state index contributed by atoms with van der Waals surface area (Å²) >= 11 is 29.9. The van der Waals surface area contributed by atoms with Crippen LogP contribution in [0.2, 0.25) is 10.0 Å². The first-order valence-corrected chi connectivity index (χ1v) is 9.20. The molecular formula is C17H12Cl5NO2. The van der Waals surface area contributed by atoms with Crippen LogP contribution in [0.25, 0.3) is 0 Å². The van der Waals surface area contributed by atoms with E-state index < -0.39 is 16.0 Å². The molecular weight excluding hydrogens is 427 g/mol.